The van der Waals surface area contributed by atoms with E-state index in [0.717, 1.165) is 31.7 Å². The fourth-order valence-corrected chi connectivity index (χ4v) is 2.42. The van der Waals surface area contributed by atoms with E-state index in [1.54, 1.807) is 12.4 Å². The number of benzene rings is 1. The second-order valence-electron chi connectivity index (χ2n) is 5.30. The maximum atomic E-state index is 4.55. The van der Waals surface area contributed by atoms with Gasteiger partial charge in [0.25, 0.3) is 0 Å². The summed E-state index contributed by atoms with van der Waals surface area (Å²) in [5, 5.41) is 6.68. The minimum absolute atomic E-state index is 0.954. The summed E-state index contributed by atoms with van der Waals surface area (Å²) in [7, 11) is 0. The average molecular weight is 280 g/mol. The predicted molar refractivity (Wildman–Crippen MR) is 86.8 cm³/mol. The largest absolute Gasteiger partial charge is 0.368 e. The molecule has 2 aromatic rings. The van der Waals surface area contributed by atoms with Crippen LogP contribution in [0.3, 0.4) is 0 Å². The molecule has 0 N–H and O–H groups in total. The predicted octanol–water partition coefficient (Wildman–Crippen LogP) is 2.55. The van der Waals surface area contributed by atoms with Crippen LogP contribution < -0.4 is 4.90 Å². The molecule has 2 heterocycles. The van der Waals surface area contributed by atoms with Gasteiger partial charge in [0.2, 0.25) is 0 Å². The van der Waals surface area contributed by atoms with E-state index in [0.29, 0.717) is 0 Å². The van der Waals surface area contributed by atoms with Gasteiger partial charge in [-0.2, -0.15) is 5.10 Å². The number of piperazine rings is 1. The van der Waals surface area contributed by atoms with Gasteiger partial charge in [0.05, 0.1) is 19.3 Å². The van der Waals surface area contributed by atoms with E-state index in [4.69, 9.17) is 0 Å². The summed E-state index contributed by atoms with van der Waals surface area (Å²) < 4.78 is 0. The Bertz CT molecular complexity index is 584. The average Bonchev–Trinajstić information content (AvgIpc) is 2.55. The Morgan fingerprint density at radius 2 is 1.62 bits per heavy atom. The molecule has 3 rings (SSSR count). The molecule has 0 amide bonds. The van der Waals surface area contributed by atoms with Gasteiger partial charge in [-0.3, -0.25) is 9.99 Å². The first-order chi connectivity index (χ1) is 10.3. The second-order valence-corrected chi connectivity index (χ2v) is 5.30. The van der Waals surface area contributed by atoms with Crippen LogP contribution in [0.2, 0.25) is 0 Å². The zero-order chi connectivity index (χ0) is 14.5. The van der Waals surface area contributed by atoms with Crippen LogP contribution in [0, 0.1) is 6.92 Å². The minimum atomic E-state index is 0.954. The molecule has 4 nitrogen and oxygen atoms in total. The van der Waals surface area contributed by atoms with E-state index in [2.05, 4.69) is 51.2 Å². The van der Waals surface area contributed by atoms with Crippen molar-refractivity contribution in [3.8, 4) is 0 Å². The molecule has 1 aliphatic heterocycles. The molecule has 0 aliphatic carbocycles. The first kappa shape index (κ1) is 13.6. The molecule has 108 valence electrons. The topological polar surface area (TPSA) is 31.7 Å². The van der Waals surface area contributed by atoms with Gasteiger partial charge in [0.15, 0.2) is 0 Å². The molecule has 1 fully saturated rings. The Kier molecular flexibility index (Phi) is 4.15. The van der Waals surface area contributed by atoms with E-state index >= 15 is 0 Å². The third-order valence-corrected chi connectivity index (χ3v) is 3.73. The fourth-order valence-electron chi connectivity index (χ4n) is 2.42. The second kappa shape index (κ2) is 6.39. The zero-order valence-corrected chi connectivity index (χ0v) is 12.3. The lowest BCUT2D eigenvalue weighted by Gasteiger charge is -2.34. The molecule has 21 heavy (non-hydrogen) atoms. The zero-order valence-electron chi connectivity index (χ0n) is 12.3. The molecular formula is C17H20N4. The summed E-state index contributed by atoms with van der Waals surface area (Å²) >= 11 is 0. The smallest absolute Gasteiger partial charge is 0.0544 e. The molecule has 1 saturated heterocycles. The minimum Gasteiger partial charge on any atom is -0.368 e. The highest BCUT2D eigenvalue weighted by atomic mass is 15.5. The van der Waals surface area contributed by atoms with Gasteiger partial charge in [0, 0.05) is 31.2 Å². The Hall–Kier alpha value is -2.36. The highest BCUT2D eigenvalue weighted by molar-refractivity contribution is 5.78. The monoisotopic (exact) mass is 280 g/mol. The van der Waals surface area contributed by atoms with Crippen molar-refractivity contribution in [2.75, 3.05) is 31.1 Å². The van der Waals surface area contributed by atoms with E-state index in [1.165, 1.54) is 11.3 Å². The van der Waals surface area contributed by atoms with Gasteiger partial charge in [-0.15, -0.1) is 0 Å². The third-order valence-electron chi connectivity index (χ3n) is 3.73. The molecule has 0 atom stereocenters. The number of pyridine rings is 1. The van der Waals surface area contributed by atoms with Crippen LogP contribution >= 0.6 is 0 Å². The fraction of sp³-hybridized carbons (Fsp3) is 0.294. The molecule has 4 heteroatoms. The van der Waals surface area contributed by atoms with Crippen molar-refractivity contribution in [2.24, 2.45) is 5.10 Å². The quantitative estimate of drug-likeness (QED) is 0.810. The van der Waals surface area contributed by atoms with E-state index in [1.807, 2.05) is 18.3 Å². The van der Waals surface area contributed by atoms with Crippen LogP contribution in [0.4, 0.5) is 5.69 Å². The van der Waals surface area contributed by atoms with Crippen molar-refractivity contribution < 1.29 is 0 Å². The lowest BCUT2D eigenvalue weighted by molar-refractivity contribution is 0.272. The molecule has 1 aliphatic rings. The summed E-state index contributed by atoms with van der Waals surface area (Å²) in [4.78, 5) is 6.42. The number of hydrogen-bond acceptors (Lipinski definition) is 4. The molecule has 0 saturated carbocycles. The maximum Gasteiger partial charge on any atom is 0.0544 e. The van der Waals surface area contributed by atoms with Crippen molar-refractivity contribution in [1.82, 2.24) is 9.99 Å². The standard InChI is InChI=1S/C17H20N4/c1-15-2-4-17(5-3-15)20-10-12-21(13-11-20)19-14-16-6-8-18-9-7-16/h2-9,14H,10-13H2,1H3. The number of hydrazone groups is 1. The molecule has 1 aromatic carbocycles. The lowest BCUT2D eigenvalue weighted by Crippen LogP contribution is -2.44. The Labute approximate surface area is 125 Å². The number of aromatic nitrogens is 1. The van der Waals surface area contributed by atoms with Crippen LogP contribution in [-0.2, 0) is 0 Å². The summed E-state index contributed by atoms with van der Waals surface area (Å²) in [6, 6.07) is 12.7. The highest BCUT2D eigenvalue weighted by Crippen LogP contribution is 2.17. The van der Waals surface area contributed by atoms with Crippen LogP contribution in [0.5, 0.6) is 0 Å². The Balaban J connectivity index is 1.55. The first-order valence-corrected chi connectivity index (χ1v) is 7.32. The van der Waals surface area contributed by atoms with Gasteiger partial charge < -0.3 is 4.90 Å². The van der Waals surface area contributed by atoms with E-state index < -0.39 is 0 Å². The molecular weight excluding hydrogens is 260 g/mol. The van der Waals surface area contributed by atoms with Crippen molar-refractivity contribution in [3.63, 3.8) is 0 Å². The van der Waals surface area contributed by atoms with Crippen molar-refractivity contribution in [2.45, 2.75) is 6.92 Å². The van der Waals surface area contributed by atoms with Crippen molar-refractivity contribution in [3.05, 3.63) is 59.9 Å². The van der Waals surface area contributed by atoms with Gasteiger partial charge in [-0.1, -0.05) is 17.7 Å². The van der Waals surface area contributed by atoms with Gasteiger partial charge in [-0.05, 0) is 36.8 Å². The van der Waals surface area contributed by atoms with Crippen LogP contribution in [0.15, 0.2) is 53.9 Å². The van der Waals surface area contributed by atoms with Gasteiger partial charge in [0.1, 0.15) is 0 Å². The molecule has 0 unspecified atom stereocenters. The summed E-state index contributed by atoms with van der Waals surface area (Å²) in [6.45, 7) is 6.05. The van der Waals surface area contributed by atoms with Crippen LogP contribution in [-0.4, -0.2) is 42.4 Å². The van der Waals surface area contributed by atoms with Gasteiger partial charge >= 0.3 is 0 Å². The Morgan fingerprint density at radius 3 is 2.29 bits per heavy atom. The van der Waals surface area contributed by atoms with Crippen molar-refractivity contribution >= 4 is 11.9 Å². The molecule has 0 bridgehead atoms. The number of aryl methyl sites for hydroxylation is 1. The summed E-state index contributed by atoms with van der Waals surface area (Å²) in [5.74, 6) is 0. The van der Waals surface area contributed by atoms with E-state index in [-0.39, 0.29) is 0 Å². The molecule has 0 spiro atoms. The number of nitrogens with zero attached hydrogens (tertiary/aromatic N) is 4. The number of hydrogen-bond donors (Lipinski definition) is 0. The van der Waals surface area contributed by atoms with E-state index in [9.17, 15) is 0 Å². The maximum absolute atomic E-state index is 4.55. The molecule has 0 radical (unpaired) electrons. The highest BCUT2D eigenvalue weighted by Gasteiger charge is 2.15. The first-order valence-electron chi connectivity index (χ1n) is 7.32. The molecule has 1 aromatic heterocycles. The Morgan fingerprint density at radius 1 is 0.952 bits per heavy atom. The normalized spacial score (nSPS) is 15.7. The number of anilines is 1. The summed E-state index contributed by atoms with van der Waals surface area (Å²) in [6.07, 6.45) is 5.48. The number of rotatable bonds is 3. The van der Waals surface area contributed by atoms with Crippen LogP contribution in [0.1, 0.15) is 11.1 Å². The third kappa shape index (κ3) is 3.60. The summed E-state index contributed by atoms with van der Waals surface area (Å²) in [5.41, 5.74) is 3.70. The SMILES string of the molecule is Cc1ccc(N2CCN(N=Cc3ccncc3)CC2)cc1. The van der Waals surface area contributed by atoms with Gasteiger partial charge in [-0.25, -0.2) is 0 Å². The van der Waals surface area contributed by atoms with Crippen LogP contribution in [0.25, 0.3) is 0 Å². The van der Waals surface area contributed by atoms with Crippen molar-refractivity contribution in [1.29, 1.82) is 0 Å². The lowest BCUT2D eigenvalue weighted by atomic mass is 10.2.